The smallest absolute Gasteiger partial charge is 0.234 e. The fraction of sp³-hybridized carbons (Fsp3) is 0.400. The van der Waals surface area contributed by atoms with E-state index in [1.165, 1.54) is 23.1 Å². The molecule has 0 spiro atoms. The van der Waals surface area contributed by atoms with Gasteiger partial charge in [0.15, 0.2) is 4.34 Å². The van der Waals surface area contributed by atoms with Crippen LogP contribution in [0.1, 0.15) is 13.3 Å². The van der Waals surface area contributed by atoms with E-state index >= 15 is 0 Å². The molecule has 0 radical (unpaired) electrons. The standard InChI is InChI=1S/C15H21N5OS2/c1-4-9-16-14-18-19-15(23-14)22-10-13(21)17-11-5-7-12(8-6-11)20(2)3/h5-8H,4,9-10H2,1-3H3,(H,16,18)(H,17,21). The van der Waals surface area contributed by atoms with Gasteiger partial charge >= 0.3 is 0 Å². The second-order valence-electron chi connectivity index (χ2n) is 5.08. The maximum absolute atomic E-state index is 12.0. The van der Waals surface area contributed by atoms with Gasteiger partial charge in [-0.2, -0.15) is 0 Å². The summed E-state index contributed by atoms with van der Waals surface area (Å²) in [6.07, 6.45) is 1.04. The van der Waals surface area contributed by atoms with Crippen molar-refractivity contribution in [2.24, 2.45) is 0 Å². The minimum atomic E-state index is -0.0501. The van der Waals surface area contributed by atoms with Crippen molar-refractivity contribution in [1.82, 2.24) is 10.2 Å². The van der Waals surface area contributed by atoms with Gasteiger partial charge in [0, 0.05) is 32.0 Å². The summed E-state index contributed by atoms with van der Waals surface area (Å²) in [4.78, 5) is 14.0. The average Bonchev–Trinajstić information content (AvgIpc) is 2.99. The largest absolute Gasteiger partial charge is 0.378 e. The highest BCUT2D eigenvalue weighted by Gasteiger charge is 2.08. The lowest BCUT2D eigenvalue weighted by Crippen LogP contribution is -2.14. The first-order valence-electron chi connectivity index (χ1n) is 7.36. The zero-order valence-electron chi connectivity index (χ0n) is 13.5. The van der Waals surface area contributed by atoms with Crippen LogP contribution in [0, 0.1) is 0 Å². The van der Waals surface area contributed by atoms with Gasteiger partial charge in [-0.05, 0) is 30.7 Å². The number of nitrogens with zero attached hydrogens (tertiary/aromatic N) is 3. The molecule has 0 unspecified atom stereocenters. The first-order chi connectivity index (χ1) is 11.1. The van der Waals surface area contributed by atoms with Crippen LogP contribution in [0.3, 0.4) is 0 Å². The van der Waals surface area contributed by atoms with Gasteiger partial charge in [0.1, 0.15) is 0 Å². The van der Waals surface area contributed by atoms with Gasteiger partial charge in [0.25, 0.3) is 0 Å². The van der Waals surface area contributed by atoms with Crippen LogP contribution in [-0.4, -0.2) is 42.5 Å². The molecule has 23 heavy (non-hydrogen) atoms. The van der Waals surface area contributed by atoms with E-state index in [9.17, 15) is 4.79 Å². The Morgan fingerprint density at radius 2 is 2.00 bits per heavy atom. The van der Waals surface area contributed by atoms with Gasteiger partial charge in [0.05, 0.1) is 5.75 Å². The fourth-order valence-electron chi connectivity index (χ4n) is 1.74. The van der Waals surface area contributed by atoms with Crippen molar-refractivity contribution in [3.8, 4) is 0 Å². The summed E-state index contributed by atoms with van der Waals surface area (Å²) < 4.78 is 0.793. The van der Waals surface area contributed by atoms with Gasteiger partial charge in [0.2, 0.25) is 11.0 Å². The molecule has 0 aliphatic carbocycles. The Balaban J connectivity index is 1.79. The third kappa shape index (κ3) is 5.72. The number of anilines is 3. The van der Waals surface area contributed by atoms with Gasteiger partial charge in [-0.1, -0.05) is 30.0 Å². The molecule has 1 aromatic carbocycles. The van der Waals surface area contributed by atoms with Crippen LogP contribution in [0.15, 0.2) is 28.6 Å². The molecule has 1 aromatic heterocycles. The summed E-state index contributed by atoms with van der Waals surface area (Å²) in [6.45, 7) is 2.97. The molecule has 6 nitrogen and oxygen atoms in total. The highest BCUT2D eigenvalue weighted by Crippen LogP contribution is 2.25. The summed E-state index contributed by atoms with van der Waals surface area (Å²) in [7, 11) is 3.96. The lowest BCUT2D eigenvalue weighted by molar-refractivity contribution is -0.113. The SMILES string of the molecule is CCCNc1nnc(SCC(=O)Nc2ccc(N(C)C)cc2)s1. The molecule has 8 heteroatoms. The van der Waals surface area contributed by atoms with E-state index in [0.29, 0.717) is 5.75 Å². The molecule has 0 aliphatic heterocycles. The Morgan fingerprint density at radius 3 is 2.65 bits per heavy atom. The molecule has 2 aromatic rings. The van der Waals surface area contributed by atoms with E-state index in [1.54, 1.807) is 0 Å². The van der Waals surface area contributed by atoms with Crippen LogP contribution < -0.4 is 15.5 Å². The normalized spacial score (nSPS) is 10.4. The topological polar surface area (TPSA) is 70.1 Å². The van der Waals surface area contributed by atoms with Gasteiger partial charge < -0.3 is 15.5 Å². The van der Waals surface area contributed by atoms with Crippen LogP contribution in [0.25, 0.3) is 0 Å². The van der Waals surface area contributed by atoms with Crippen molar-refractivity contribution in [3.63, 3.8) is 0 Å². The lowest BCUT2D eigenvalue weighted by Gasteiger charge is -2.12. The van der Waals surface area contributed by atoms with E-state index < -0.39 is 0 Å². The van der Waals surface area contributed by atoms with Crippen LogP contribution in [0.5, 0.6) is 0 Å². The summed E-state index contributed by atoms with van der Waals surface area (Å²) in [5.74, 6) is 0.267. The Bertz CT molecular complexity index is 627. The quantitative estimate of drug-likeness (QED) is 0.712. The number of amides is 1. The number of rotatable bonds is 8. The van der Waals surface area contributed by atoms with E-state index in [0.717, 1.165) is 33.8 Å². The van der Waals surface area contributed by atoms with Crippen molar-refractivity contribution in [2.75, 3.05) is 41.9 Å². The maximum atomic E-state index is 12.0. The first kappa shape index (κ1) is 17.6. The number of aromatic nitrogens is 2. The molecule has 0 fully saturated rings. The Labute approximate surface area is 144 Å². The number of benzene rings is 1. The zero-order valence-corrected chi connectivity index (χ0v) is 15.1. The fourth-order valence-corrected chi connectivity index (χ4v) is 3.32. The lowest BCUT2D eigenvalue weighted by atomic mass is 10.2. The van der Waals surface area contributed by atoms with Crippen molar-refractivity contribution in [3.05, 3.63) is 24.3 Å². The van der Waals surface area contributed by atoms with Crippen molar-refractivity contribution < 1.29 is 4.79 Å². The maximum Gasteiger partial charge on any atom is 0.234 e. The van der Waals surface area contributed by atoms with Crippen molar-refractivity contribution >= 4 is 45.5 Å². The molecule has 2 N–H and O–H groups in total. The molecule has 0 atom stereocenters. The second kappa shape index (κ2) is 8.73. The number of carbonyl (C=O) groups is 1. The van der Waals surface area contributed by atoms with Crippen LogP contribution >= 0.6 is 23.1 Å². The summed E-state index contributed by atoms with van der Waals surface area (Å²) in [6, 6.07) is 7.74. The van der Waals surface area contributed by atoms with E-state index in [1.807, 2.05) is 43.3 Å². The molecule has 1 heterocycles. The van der Waals surface area contributed by atoms with E-state index in [2.05, 4.69) is 27.8 Å². The monoisotopic (exact) mass is 351 g/mol. The van der Waals surface area contributed by atoms with E-state index in [-0.39, 0.29) is 5.91 Å². The number of carbonyl (C=O) groups excluding carboxylic acids is 1. The van der Waals surface area contributed by atoms with Crippen molar-refractivity contribution in [2.45, 2.75) is 17.7 Å². The van der Waals surface area contributed by atoms with Crippen molar-refractivity contribution in [1.29, 1.82) is 0 Å². The molecule has 0 aliphatic rings. The molecule has 0 saturated carbocycles. The van der Waals surface area contributed by atoms with Crippen LogP contribution in [0.2, 0.25) is 0 Å². The number of nitrogens with one attached hydrogen (secondary N) is 2. The van der Waals surface area contributed by atoms with Gasteiger partial charge in [-0.15, -0.1) is 10.2 Å². The molecule has 1 amide bonds. The molecular formula is C15H21N5OS2. The van der Waals surface area contributed by atoms with Gasteiger partial charge in [-0.25, -0.2) is 0 Å². The Morgan fingerprint density at radius 1 is 1.26 bits per heavy atom. The second-order valence-corrected chi connectivity index (χ2v) is 7.28. The summed E-state index contributed by atoms with van der Waals surface area (Å²) >= 11 is 2.87. The van der Waals surface area contributed by atoms with Crippen LogP contribution in [-0.2, 0) is 4.79 Å². The Hall–Kier alpha value is -1.80. The minimum absolute atomic E-state index is 0.0501. The third-order valence-corrected chi connectivity index (χ3v) is 4.94. The molecule has 0 bridgehead atoms. The highest BCUT2D eigenvalue weighted by atomic mass is 32.2. The molecule has 0 saturated heterocycles. The average molecular weight is 352 g/mol. The Kier molecular flexibility index (Phi) is 6.66. The molecule has 2 rings (SSSR count). The minimum Gasteiger partial charge on any atom is -0.378 e. The number of hydrogen-bond donors (Lipinski definition) is 2. The highest BCUT2D eigenvalue weighted by molar-refractivity contribution is 8.01. The first-order valence-corrected chi connectivity index (χ1v) is 9.16. The predicted octanol–water partition coefficient (Wildman–Crippen LogP) is 3.16. The zero-order chi connectivity index (χ0) is 16.7. The summed E-state index contributed by atoms with van der Waals surface area (Å²) in [5, 5.41) is 15.0. The predicted molar refractivity (Wildman–Crippen MR) is 98.8 cm³/mol. The van der Waals surface area contributed by atoms with Crippen LogP contribution in [0.4, 0.5) is 16.5 Å². The van der Waals surface area contributed by atoms with Gasteiger partial charge in [-0.3, -0.25) is 4.79 Å². The summed E-state index contributed by atoms with van der Waals surface area (Å²) in [5.41, 5.74) is 1.89. The number of hydrogen-bond acceptors (Lipinski definition) is 7. The third-order valence-electron chi connectivity index (χ3n) is 2.93. The molecular weight excluding hydrogens is 330 g/mol. The number of thioether (sulfide) groups is 1. The van der Waals surface area contributed by atoms with E-state index in [4.69, 9.17) is 0 Å². The molecule has 124 valence electrons.